The van der Waals surface area contributed by atoms with Crippen LogP contribution >= 0.6 is 11.6 Å². The van der Waals surface area contributed by atoms with Gasteiger partial charge in [0.2, 0.25) is 0 Å². The molecule has 0 bridgehead atoms. The first-order valence-electron chi connectivity index (χ1n) is 11.4. The molecule has 6 heteroatoms. The predicted octanol–water partition coefficient (Wildman–Crippen LogP) is 4.46. The fourth-order valence-electron chi connectivity index (χ4n) is 5.24. The zero-order valence-electron chi connectivity index (χ0n) is 17.6. The number of ether oxygens (including phenoxy) is 1. The molecule has 30 heavy (non-hydrogen) atoms. The van der Waals surface area contributed by atoms with Gasteiger partial charge in [-0.25, -0.2) is 0 Å². The molecule has 0 unspecified atom stereocenters. The molecule has 1 aliphatic heterocycles. The molecule has 0 amide bonds. The molecule has 0 radical (unpaired) electrons. The van der Waals surface area contributed by atoms with Gasteiger partial charge in [0.25, 0.3) is 0 Å². The highest BCUT2D eigenvalue weighted by molar-refractivity contribution is 6.30. The highest BCUT2D eigenvalue weighted by atomic mass is 35.5. The molecule has 2 aliphatic rings. The van der Waals surface area contributed by atoms with Crippen LogP contribution in [0.25, 0.3) is 0 Å². The first-order chi connectivity index (χ1) is 14.4. The van der Waals surface area contributed by atoms with Crippen molar-refractivity contribution >= 4 is 17.6 Å². The second kappa shape index (κ2) is 11.5. The van der Waals surface area contributed by atoms with Gasteiger partial charge in [0.05, 0.1) is 18.3 Å². The molecule has 5 nitrogen and oxygen atoms in total. The molecular weight excluding hydrogens is 404 g/mol. The minimum Gasteiger partial charge on any atom is -0.481 e. The van der Waals surface area contributed by atoms with E-state index in [1.54, 1.807) is 0 Å². The summed E-state index contributed by atoms with van der Waals surface area (Å²) in [5, 5.41) is 30.6. The van der Waals surface area contributed by atoms with E-state index in [4.69, 9.17) is 21.4 Å². The number of hydrogen-bond acceptors (Lipinski definition) is 4. The Balaban J connectivity index is 1.43. The van der Waals surface area contributed by atoms with Gasteiger partial charge in [-0.3, -0.25) is 4.79 Å². The summed E-state index contributed by atoms with van der Waals surface area (Å²) >= 11 is 6.03. The third-order valence-corrected chi connectivity index (χ3v) is 7.18. The first kappa shape index (κ1) is 23.5. The van der Waals surface area contributed by atoms with Crippen LogP contribution in [-0.4, -0.2) is 46.2 Å². The average molecular weight is 439 g/mol. The molecule has 2 fully saturated rings. The summed E-state index contributed by atoms with van der Waals surface area (Å²) in [5.41, 5.74) is 1.13. The van der Waals surface area contributed by atoms with Crippen LogP contribution in [0.4, 0.5) is 0 Å². The summed E-state index contributed by atoms with van der Waals surface area (Å²) in [7, 11) is 0. The maximum atomic E-state index is 10.7. The van der Waals surface area contributed by atoms with E-state index < -0.39 is 5.97 Å². The number of benzene rings is 1. The molecule has 1 saturated carbocycles. The highest BCUT2D eigenvalue weighted by Gasteiger charge is 2.44. The lowest BCUT2D eigenvalue weighted by atomic mass is 9.83. The predicted molar refractivity (Wildman–Crippen MR) is 117 cm³/mol. The zero-order valence-corrected chi connectivity index (χ0v) is 18.3. The van der Waals surface area contributed by atoms with Crippen molar-refractivity contribution in [3.05, 3.63) is 34.9 Å². The fraction of sp³-hybridized carbons (Fsp3) is 0.708. The maximum Gasteiger partial charge on any atom is 0.303 e. The Bertz CT molecular complexity index is 681. The zero-order chi connectivity index (χ0) is 21.5. The molecule has 6 atom stereocenters. The van der Waals surface area contributed by atoms with E-state index in [2.05, 4.69) is 0 Å². The van der Waals surface area contributed by atoms with E-state index >= 15 is 0 Å². The lowest BCUT2D eigenvalue weighted by Gasteiger charge is -2.24. The van der Waals surface area contributed by atoms with Gasteiger partial charge in [-0.1, -0.05) is 23.7 Å². The minimum absolute atomic E-state index is 0.0954. The van der Waals surface area contributed by atoms with E-state index in [0.717, 1.165) is 42.7 Å². The molecule has 1 heterocycles. The van der Waals surface area contributed by atoms with Crippen molar-refractivity contribution < 1.29 is 24.9 Å². The summed E-state index contributed by atoms with van der Waals surface area (Å²) < 4.78 is 6.14. The van der Waals surface area contributed by atoms with Gasteiger partial charge >= 0.3 is 5.97 Å². The highest BCUT2D eigenvalue weighted by Crippen LogP contribution is 2.43. The van der Waals surface area contributed by atoms with E-state index in [1.165, 1.54) is 0 Å². The van der Waals surface area contributed by atoms with Crippen molar-refractivity contribution in [2.45, 2.75) is 82.5 Å². The van der Waals surface area contributed by atoms with Crippen molar-refractivity contribution in [3.63, 3.8) is 0 Å². The van der Waals surface area contributed by atoms with Crippen LogP contribution in [0.15, 0.2) is 24.3 Å². The number of fused-ring (bicyclic) bond motifs is 1. The second-order valence-corrected chi connectivity index (χ2v) is 9.57. The Kier molecular flexibility index (Phi) is 8.99. The molecule has 1 aliphatic carbocycles. The summed E-state index contributed by atoms with van der Waals surface area (Å²) in [4.78, 5) is 10.7. The molecule has 0 aromatic heterocycles. The van der Waals surface area contributed by atoms with Crippen molar-refractivity contribution in [2.24, 2.45) is 17.8 Å². The van der Waals surface area contributed by atoms with Crippen LogP contribution in [0.1, 0.15) is 63.4 Å². The van der Waals surface area contributed by atoms with Gasteiger partial charge in [0.15, 0.2) is 0 Å². The van der Waals surface area contributed by atoms with Crippen molar-refractivity contribution in [2.75, 3.05) is 6.61 Å². The number of aliphatic hydroxyl groups excluding tert-OH is 2. The number of hydrogen-bond donors (Lipinski definition) is 3. The monoisotopic (exact) mass is 438 g/mol. The Morgan fingerprint density at radius 1 is 1.23 bits per heavy atom. The SMILES string of the molecule is O=C(O)CCC[C@H]1CC[C@@H]2[C@@H](CC[C@H](O)CCc3cccc(Cl)c3)[C@H](O)C[C@@H]2OC1. The third kappa shape index (κ3) is 6.94. The molecular formula is C24H35ClO5. The van der Waals surface area contributed by atoms with E-state index in [1.807, 2.05) is 24.3 Å². The van der Waals surface area contributed by atoms with Gasteiger partial charge in [0, 0.05) is 24.5 Å². The Hall–Kier alpha value is -1.14. The largest absolute Gasteiger partial charge is 0.481 e. The summed E-state index contributed by atoms with van der Waals surface area (Å²) in [5.74, 6) is 0.188. The van der Waals surface area contributed by atoms with Gasteiger partial charge in [-0.2, -0.15) is 0 Å². The smallest absolute Gasteiger partial charge is 0.303 e. The van der Waals surface area contributed by atoms with Crippen LogP contribution in [0.5, 0.6) is 0 Å². The third-order valence-electron chi connectivity index (χ3n) is 6.94. The number of aryl methyl sites for hydroxylation is 1. The first-order valence-corrected chi connectivity index (χ1v) is 11.7. The average Bonchev–Trinajstić information content (AvgIpc) is 2.86. The number of halogens is 1. The lowest BCUT2D eigenvalue weighted by Crippen LogP contribution is -2.24. The second-order valence-electron chi connectivity index (χ2n) is 9.13. The molecule has 1 aromatic rings. The minimum atomic E-state index is -0.737. The van der Waals surface area contributed by atoms with Crippen LogP contribution < -0.4 is 0 Å². The van der Waals surface area contributed by atoms with Gasteiger partial charge in [0.1, 0.15) is 0 Å². The number of aliphatic hydroxyl groups is 2. The summed E-state index contributed by atoms with van der Waals surface area (Å²) in [6, 6.07) is 7.75. The van der Waals surface area contributed by atoms with Crippen molar-refractivity contribution in [1.82, 2.24) is 0 Å². The van der Waals surface area contributed by atoms with Crippen LogP contribution in [0.2, 0.25) is 5.02 Å². The number of aliphatic carboxylic acids is 1. The van der Waals surface area contributed by atoms with Crippen molar-refractivity contribution in [3.8, 4) is 0 Å². The number of carboxylic acid groups (broad SMARTS) is 1. The Morgan fingerprint density at radius 2 is 2.07 bits per heavy atom. The molecule has 0 spiro atoms. The summed E-state index contributed by atoms with van der Waals surface area (Å²) in [6.45, 7) is 0.669. The molecule has 168 valence electrons. The molecule has 3 N–H and O–H groups in total. The number of carboxylic acids is 1. The lowest BCUT2D eigenvalue weighted by molar-refractivity contribution is -0.137. The fourth-order valence-corrected chi connectivity index (χ4v) is 5.46. The van der Waals surface area contributed by atoms with E-state index in [0.29, 0.717) is 44.1 Å². The number of rotatable bonds is 10. The van der Waals surface area contributed by atoms with Gasteiger partial charge in [-0.15, -0.1) is 0 Å². The Labute approximate surface area is 184 Å². The maximum absolute atomic E-state index is 10.7. The summed E-state index contributed by atoms with van der Waals surface area (Å²) in [6.07, 6.45) is 6.87. The standard InChI is InChI=1S/C24H35ClO5/c25-18-5-1-3-16(13-18)7-9-19(26)10-12-20-21-11-8-17(4-2-6-24(28)29)15-30-23(21)14-22(20)27/h1,3,5,13,17,19-23,26-27H,2,4,6-12,14-15H2,(H,28,29)/t17-,19+,20+,21+,22+,23-/m0/s1. The van der Waals surface area contributed by atoms with E-state index in [9.17, 15) is 15.0 Å². The van der Waals surface area contributed by atoms with Gasteiger partial charge in [-0.05, 0) is 86.8 Å². The molecule has 1 saturated heterocycles. The van der Waals surface area contributed by atoms with Crippen molar-refractivity contribution in [1.29, 1.82) is 0 Å². The normalized spacial score (nSPS) is 29.9. The Morgan fingerprint density at radius 3 is 2.83 bits per heavy atom. The number of carbonyl (C=O) groups is 1. The topological polar surface area (TPSA) is 87.0 Å². The van der Waals surface area contributed by atoms with Crippen LogP contribution in [-0.2, 0) is 16.0 Å². The molecule has 3 rings (SSSR count). The van der Waals surface area contributed by atoms with Gasteiger partial charge < -0.3 is 20.1 Å². The van der Waals surface area contributed by atoms with E-state index in [-0.39, 0.29) is 30.7 Å². The van der Waals surface area contributed by atoms with Crippen LogP contribution in [0, 0.1) is 17.8 Å². The van der Waals surface area contributed by atoms with Crippen LogP contribution in [0.3, 0.4) is 0 Å². The molecule has 1 aromatic carbocycles. The quantitative estimate of drug-likeness (QED) is 0.502.